The largest absolute Gasteiger partial charge is 0.356 e. The first-order chi connectivity index (χ1) is 9.28. The first kappa shape index (κ1) is 17.0. The quantitative estimate of drug-likeness (QED) is 0.846. The lowest BCUT2D eigenvalue weighted by atomic mass is 10.0. The van der Waals surface area contributed by atoms with Gasteiger partial charge >= 0.3 is 0 Å². The van der Waals surface area contributed by atoms with Gasteiger partial charge in [-0.25, -0.2) is 0 Å². The molecule has 4 heteroatoms. The highest BCUT2D eigenvalue weighted by molar-refractivity contribution is 5.85. The second-order valence-electron chi connectivity index (χ2n) is 5.34. The Morgan fingerprint density at radius 1 is 1.30 bits per heavy atom. The maximum Gasteiger partial charge on any atom is 0.224 e. The number of halogens is 1. The van der Waals surface area contributed by atoms with Gasteiger partial charge in [-0.15, -0.1) is 12.4 Å². The number of benzene rings is 1. The van der Waals surface area contributed by atoms with Crippen LogP contribution in [0.5, 0.6) is 0 Å². The average molecular weight is 297 g/mol. The smallest absolute Gasteiger partial charge is 0.224 e. The van der Waals surface area contributed by atoms with E-state index in [0.717, 1.165) is 44.0 Å². The first-order valence-electron chi connectivity index (χ1n) is 7.33. The summed E-state index contributed by atoms with van der Waals surface area (Å²) in [5.74, 6) is 0.874. The van der Waals surface area contributed by atoms with Gasteiger partial charge in [-0.2, -0.15) is 0 Å². The number of carbonyl (C=O) groups excluding carboxylic acids is 1. The summed E-state index contributed by atoms with van der Waals surface area (Å²) >= 11 is 0. The molecule has 0 aliphatic carbocycles. The lowest BCUT2D eigenvalue weighted by molar-refractivity contribution is -0.120. The molecule has 1 aliphatic heterocycles. The Bertz CT molecular complexity index is 399. The van der Waals surface area contributed by atoms with Crippen molar-refractivity contribution >= 4 is 18.3 Å². The van der Waals surface area contributed by atoms with Gasteiger partial charge in [-0.1, -0.05) is 31.2 Å². The van der Waals surface area contributed by atoms with Crippen LogP contribution < -0.4 is 10.6 Å². The van der Waals surface area contributed by atoms with Gasteiger partial charge in [-0.05, 0) is 49.4 Å². The summed E-state index contributed by atoms with van der Waals surface area (Å²) in [6.07, 6.45) is 3.87. The topological polar surface area (TPSA) is 41.1 Å². The minimum Gasteiger partial charge on any atom is -0.356 e. The maximum absolute atomic E-state index is 11.8. The van der Waals surface area contributed by atoms with Crippen molar-refractivity contribution in [1.82, 2.24) is 10.6 Å². The fourth-order valence-electron chi connectivity index (χ4n) is 2.52. The average Bonchev–Trinajstić information content (AvgIpc) is 2.93. The van der Waals surface area contributed by atoms with Crippen molar-refractivity contribution in [2.75, 3.05) is 19.6 Å². The predicted octanol–water partition coefficient (Wildman–Crippen LogP) is 2.33. The van der Waals surface area contributed by atoms with Gasteiger partial charge in [0.15, 0.2) is 0 Å². The van der Waals surface area contributed by atoms with E-state index in [1.165, 1.54) is 12.0 Å². The minimum absolute atomic E-state index is 0. The molecule has 1 aromatic carbocycles. The molecular formula is C16H25ClN2O. The number of hydrogen-bond donors (Lipinski definition) is 2. The molecule has 1 amide bonds. The third-order valence-electron chi connectivity index (χ3n) is 3.83. The normalized spacial score (nSPS) is 17.6. The first-order valence-corrected chi connectivity index (χ1v) is 7.33. The zero-order valence-electron chi connectivity index (χ0n) is 12.2. The van der Waals surface area contributed by atoms with Crippen molar-refractivity contribution in [1.29, 1.82) is 0 Å². The summed E-state index contributed by atoms with van der Waals surface area (Å²) in [5.41, 5.74) is 2.41. The fourth-order valence-corrected chi connectivity index (χ4v) is 2.52. The van der Waals surface area contributed by atoms with Crippen molar-refractivity contribution in [2.24, 2.45) is 5.92 Å². The zero-order valence-corrected chi connectivity index (χ0v) is 13.0. The Kier molecular flexibility index (Phi) is 7.63. The van der Waals surface area contributed by atoms with E-state index in [0.29, 0.717) is 6.42 Å². The highest BCUT2D eigenvalue weighted by Gasteiger charge is 2.14. The standard InChI is InChI=1S/C16H24N2O.ClH/c1-2-13-3-5-14(6-4-13)11-16(19)18-10-8-15-7-9-17-12-15;/h3-6,15,17H,2,7-12H2,1H3,(H,18,19);1H. The molecule has 1 unspecified atom stereocenters. The van der Waals surface area contributed by atoms with Crippen LogP contribution in [0.1, 0.15) is 30.9 Å². The summed E-state index contributed by atoms with van der Waals surface area (Å²) in [5, 5.41) is 6.37. The molecule has 20 heavy (non-hydrogen) atoms. The van der Waals surface area contributed by atoms with Crippen LogP contribution >= 0.6 is 12.4 Å². The van der Waals surface area contributed by atoms with E-state index in [1.54, 1.807) is 0 Å². The van der Waals surface area contributed by atoms with Crippen molar-refractivity contribution in [3.63, 3.8) is 0 Å². The lowest BCUT2D eigenvalue weighted by Gasteiger charge is -2.09. The highest BCUT2D eigenvalue weighted by atomic mass is 35.5. The van der Waals surface area contributed by atoms with Gasteiger partial charge in [0, 0.05) is 6.54 Å². The molecule has 2 rings (SSSR count). The van der Waals surface area contributed by atoms with Gasteiger partial charge in [0.1, 0.15) is 0 Å². The van der Waals surface area contributed by atoms with Gasteiger partial charge < -0.3 is 10.6 Å². The SMILES string of the molecule is CCc1ccc(CC(=O)NCCC2CCNC2)cc1.Cl. The molecule has 0 radical (unpaired) electrons. The monoisotopic (exact) mass is 296 g/mol. The zero-order chi connectivity index (χ0) is 13.5. The van der Waals surface area contributed by atoms with E-state index in [9.17, 15) is 4.79 Å². The van der Waals surface area contributed by atoms with E-state index in [2.05, 4.69) is 41.8 Å². The second-order valence-corrected chi connectivity index (χ2v) is 5.34. The predicted molar refractivity (Wildman–Crippen MR) is 85.4 cm³/mol. The number of rotatable bonds is 6. The van der Waals surface area contributed by atoms with Crippen molar-refractivity contribution in [3.8, 4) is 0 Å². The van der Waals surface area contributed by atoms with Crippen LogP contribution in [0.15, 0.2) is 24.3 Å². The summed E-state index contributed by atoms with van der Waals surface area (Å²) in [6, 6.07) is 8.32. The molecule has 1 fully saturated rings. The molecule has 0 aromatic heterocycles. The van der Waals surface area contributed by atoms with Crippen LogP contribution in [0.25, 0.3) is 0 Å². The second kappa shape index (κ2) is 8.98. The highest BCUT2D eigenvalue weighted by Crippen LogP contribution is 2.11. The van der Waals surface area contributed by atoms with E-state index < -0.39 is 0 Å². The van der Waals surface area contributed by atoms with E-state index in [-0.39, 0.29) is 18.3 Å². The Hall–Kier alpha value is -1.06. The summed E-state index contributed by atoms with van der Waals surface area (Å²) < 4.78 is 0. The van der Waals surface area contributed by atoms with Crippen LogP contribution in [0.2, 0.25) is 0 Å². The van der Waals surface area contributed by atoms with Crippen molar-refractivity contribution in [3.05, 3.63) is 35.4 Å². The number of nitrogens with one attached hydrogen (secondary N) is 2. The molecule has 2 N–H and O–H groups in total. The minimum atomic E-state index is 0. The van der Waals surface area contributed by atoms with Gasteiger partial charge in [-0.3, -0.25) is 4.79 Å². The Labute approximate surface area is 127 Å². The molecule has 0 spiro atoms. The third-order valence-corrected chi connectivity index (χ3v) is 3.83. The van der Waals surface area contributed by atoms with Crippen LogP contribution in [0, 0.1) is 5.92 Å². The Morgan fingerprint density at radius 3 is 2.60 bits per heavy atom. The Morgan fingerprint density at radius 2 is 2.00 bits per heavy atom. The maximum atomic E-state index is 11.8. The van der Waals surface area contributed by atoms with Crippen LogP contribution in [0.4, 0.5) is 0 Å². The van der Waals surface area contributed by atoms with Crippen molar-refractivity contribution in [2.45, 2.75) is 32.6 Å². The number of carbonyl (C=O) groups is 1. The van der Waals surface area contributed by atoms with Crippen LogP contribution in [-0.2, 0) is 17.6 Å². The molecule has 1 heterocycles. The molecule has 1 aromatic rings. The molecule has 1 saturated heterocycles. The Balaban J connectivity index is 0.00000200. The third kappa shape index (κ3) is 5.51. The van der Waals surface area contributed by atoms with Crippen molar-refractivity contribution < 1.29 is 4.79 Å². The van der Waals surface area contributed by atoms with Gasteiger partial charge in [0.25, 0.3) is 0 Å². The number of amides is 1. The summed E-state index contributed by atoms with van der Waals surface area (Å²) in [4.78, 5) is 11.8. The van der Waals surface area contributed by atoms with E-state index >= 15 is 0 Å². The molecule has 112 valence electrons. The molecule has 1 atom stereocenters. The van der Waals surface area contributed by atoms with Crippen LogP contribution in [0.3, 0.4) is 0 Å². The summed E-state index contributed by atoms with van der Waals surface area (Å²) in [6.45, 7) is 5.18. The molecule has 1 aliphatic rings. The summed E-state index contributed by atoms with van der Waals surface area (Å²) in [7, 11) is 0. The van der Waals surface area contributed by atoms with Gasteiger partial charge in [0.2, 0.25) is 5.91 Å². The van der Waals surface area contributed by atoms with E-state index in [4.69, 9.17) is 0 Å². The molecular weight excluding hydrogens is 272 g/mol. The molecule has 3 nitrogen and oxygen atoms in total. The number of hydrogen-bond acceptors (Lipinski definition) is 2. The number of aryl methyl sites for hydroxylation is 1. The lowest BCUT2D eigenvalue weighted by Crippen LogP contribution is -2.27. The van der Waals surface area contributed by atoms with E-state index in [1.807, 2.05) is 0 Å². The van der Waals surface area contributed by atoms with Crippen LogP contribution in [-0.4, -0.2) is 25.5 Å². The van der Waals surface area contributed by atoms with Gasteiger partial charge in [0.05, 0.1) is 6.42 Å². The fraction of sp³-hybridized carbons (Fsp3) is 0.562. The molecule has 0 saturated carbocycles. The molecule has 0 bridgehead atoms.